The molecular weight excluding hydrogens is 148 g/mol. The van der Waals surface area contributed by atoms with Gasteiger partial charge in [0.1, 0.15) is 0 Å². The second-order valence-electron chi connectivity index (χ2n) is 4.33. The average molecular weight is 172 g/mol. The van der Waals surface area contributed by atoms with E-state index < -0.39 is 0 Å². The average Bonchev–Trinajstić information content (AvgIpc) is 1.99. The third-order valence-electron chi connectivity index (χ3n) is 2.66. The van der Waals surface area contributed by atoms with Gasteiger partial charge < -0.3 is 0 Å². The fraction of sp³-hybridized carbons (Fsp3) is 1.00. The molecule has 0 spiro atoms. The number of hydrogen-bond acceptors (Lipinski definition) is 0. The van der Waals surface area contributed by atoms with Crippen molar-refractivity contribution in [3.05, 3.63) is 0 Å². The van der Waals surface area contributed by atoms with Gasteiger partial charge in [0.05, 0.1) is 0 Å². The van der Waals surface area contributed by atoms with Crippen molar-refractivity contribution in [3.8, 4) is 0 Å². The van der Waals surface area contributed by atoms with Gasteiger partial charge in [0.25, 0.3) is 0 Å². The summed E-state index contributed by atoms with van der Waals surface area (Å²) in [7, 11) is 0.208. The van der Waals surface area contributed by atoms with E-state index in [2.05, 4.69) is 27.3 Å². The van der Waals surface area contributed by atoms with E-state index in [1.54, 1.807) is 0 Å². The Morgan fingerprint density at radius 3 is 2.18 bits per heavy atom. The molecule has 11 heavy (non-hydrogen) atoms. The van der Waals surface area contributed by atoms with Crippen LogP contribution in [0.3, 0.4) is 0 Å². The Hall–Kier alpha value is 0.217. The topological polar surface area (TPSA) is 0 Å². The first-order valence-electron chi connectivity index (χ1n) is 5.12. The van der Waals surface area contributed by atoms with Crippen molar-refractivity contribution in [1.82, 2.24) is 0 Å². The van der Waals surface area contributed by atoms with Crippen LogP contribution >= 0.6 is 0 Å². The van der Waals surface area contributed by atoms with Crippen LogP contribution in [-0.4, -0.2) is 9.52 Å². The summed E-state index contributed by atoms with van der Waals surface area (Å²) in [5.74, 6) is 0. The lowest BCUT2D eigenvalue weighted by Gasteiger charge is -2.21. The summed E-state index contributed by atoms with van der Waals surface area (Å²) < 4.78 is 0. The molecule has 0 atom stereocenters. The van der Waals surface area contributed by atoms with Crippen molar-refractivity contribution in [2.75, 3.05) is 0 Å². The molecule has 0 nitrogen and oxygen atoms in total. The smallest absolute Gasteiger partial charge is 0.0233 e. The molecule has 0 amide bonds. The van der Waals surface area contributed by atoms with E-state index in [9.17, 15) is 0 Å². The first-order chi connectivity index (χ1) is 5.12. The SMILES string of the molecule is CCCCCCC(C)(C)[SiH2]C. The highest BCUT2D eigenvalue weighted by Gasteiger charge is 2.13. The maximum atomic E-state index is 2.44. The van der Waals surface area contributed by atoms with Crippen LogP contribution in [0.1, 0.15) is 52.9 Å². The highest BCUT2D eigenvalue weighted by molar-refractivity contribution is 6.37. The first-order valence-corrected chi connectivity index (χ1v) is 7.24. The number of rotatable bonds is 6. The van der Waals surface area contributed by atoms with Gasteiger partial charge in [0.2, 0.25) is 0 Å². The molecule has 0 N–H and O–H groups in total. The maximum absolute atomic E-state index is 2.44. The predicted molar refractivity (Wildman–Crippen MR) is 57.2 cm³/mol. The molecule has 68 valence electrons. The molecule has 0 rings (SSSR count). The van der Waals surface area contributed by atoms with Gasteiger partial charge in [-0.3, -0.25) is 0 Å². The van der Waals surface area contributed by atoms with Crippen molar-refractivity contribution in [3.63, 3.8) is 0 Å². The third-order valence-corrected chi connectivity index (χ3v) is 4.93. The minimum Gasteiger partial charge on any atom is -0.0744 e. The van der Waals surface area contributed by atoms with Crippen molar-refractivity contribution in [1.29, 1.82) is 0 Å². The molecule has 0 saturated carbocycles. The predicted octanol–water partition coefficient (Wildman–Crippen LogP) is 3.37. The summed E-state index contributed by atoms with van der Waals surface area (Å²) in [4.78, 5) is 0. The molecule has 0 aromatic rings. The van der Waals surface area contributed by atoms with E-state index in [1.165, 1.54) is 32.1 Å². The molecule has 0 saturated heterocycles. The van der Waals surface area contributed by atoms with Gasteiger partial charge in [-0.25, -0.2) is 0 Å². The Balaban J connectivity index is 3.23. The summed E-state index contributed by atoms with van der Waals surface area (Å²) in [6, 6.07) is 0. The zero-order valence-electron chi connectivity index (χ0n) is 8.74. The van der Waals surface area contributed by atoms with E-state index in [4.69, 9.17) is 0 Å². The normalized spacial score (nSPS) is 13.1. The summed E-state index contributed by atoms with van der Waals surface area (Å²) in [6.07, 6.45) is 7.18. The molecule has 0 aliphatic rings. The van der Waals surface area contributed by atoms with Gasteiger partial charge >= 0.3 is 0 Å². The summed E-state index contributed by atoms with van der Waals surface area (Å²) >= 11 is 0. The summed E-state index contributed by atoms with van der Waals surface area (Å²) in [5.41, 5.74) is 0. The van der Waals surface area contributed by atoms with E-state index in [0.717, 1.165) is 5.04 Å². The van der Waals surface area contributed by atoms with Gasteiger partial charge in [-0.2, -0.15) is 0 Å². The van der Waals surface area contributed by atoms with E-state index in [1.807, 2.05) is 0 Å². The van der Waals surface area contributed by atoms with E-state index >= 15 is 0 Å². The molecule has 0 radical (unpaired) electrons. The van der Waals surface area contributed by atoms with Gasteiger partial charge in [-0.1, -0.05) is 59.4 Å². The minimum atomic E-state index is 0.208. The second kappa shape index (κ2) is 5.82. The van der Waals surface area contributed by atoms with Crippen molar-refractivity contribution >= 4 is 9.52 Å². The Morgan fingerprint density at radius 1 is 1.09 bits per heavy atom. The largest absolute Gasteiger partial charge is 0.0744 e. The van der Waals surface area contributed by atoms with Crippen LogP contribution in [0.25, 0.3) is 0 Å². The van der Waals surface area contributed by atoms with Crippen LogP contribution in [-0.2, 0) is 0 Å². The van der Waals surface area contributed by atoms with Crippen molar-refractivity contribution in [2.45, 2.75) is 64.5 Å². The molecular formula is C10H24Si. The lowest BCUT2D eigenvalue weighted by Crippen LogP contribution is -2.09. The fourth-order valence-electron chi connectivity index (χ4n) is 1.21. The molecule has 0 unspecified atom stereocenters. The van der Waals surface area contributed by atoms with Gasteiger partial charge in [0, 0.05) is 9.52 Å². The standard InChI is InChI=1S/C10H24Si/c1-5-6-7-8-9-10(2,3)11-4/h5-9,11H2,1-4H3. The fourth-order valence-corrected chi connectivity index (χ4v) is 1.81. The Bertz CT molecular complexity index is 86.9. The molecule has 1 heteroatoms. The molecule has 0 aromatic carbocycles. The van der Waals surface area contributed by atoms with Gasteiger partial charge in [0.15, 0.2) is 0 Å². The zero-order valence-corrected chi connectivity index (χ0v) is 10.2. The van der Waals surface area contributed by atoms with Crippen molar-refractivity contribution < 1.29 is 0 Å². The van der Waals surface area contributed by atoms with E-state index in [0.29, 0.717) is 0 Å². The van der Waals surface area contributed by atoms with Crippen LogP contribution in [0.15, 0.2) is 0 Å². The van der Waals surface area contributed by atoms with Crippen LogP contribution in [0.5, 0.6) is 0 Å². The highest BCUT2D eigenvalue weighted by atomic mass is 28.2. The van der Waals surface area contributed by atoms with E-state index in [-0.39, 0.29) is 9.52 Å². The van der Waals surface area contributed by atoms with Crippen LogP contribution < -0.4 is 0 Å². The highest BCUT2D eigenvalue weighted by Crippen LogP contribution is 2.29. The van der Waals surface area contributed by atoms with Crippen LogP contribution in [0.2, 0.25) is 11.6 Å². The minimum absolute atomic E-state index is 0.208. The maximum Gasteiger partial charge on any atom is 0.0233 e. The molecule has 0 aliphatic heterocycles. The Morgan fingerprint density at radius 2 is 1.73 bits per heavy atom. The number of hydrogen-bond donors (Lipinski definition) is 0. The van der Waals surface area contributed by atoms with Crippen LogP contribution in [0, 0.1) is 0 Å². The Labute approximate surface area is 74.6 Å². The summed E-state index contributed by atoms with van der Waals surface area (Å²) in [5, 5.41) is 0.730. The lowest BCUT2D eigenvalue weighted by molar-refractivity contribution is 0.538. The molecule has 0 heterocycles. The zero-order chi connectivity index (χ0) is 8.74. The van der Waals surface area contributed by atoms with Gasteiger partial charge in [-0.15, -0.1) is 0 Å². The molecule has 0 fully saturated rings. The van der Waals surface area contributed by atoms with Crippen LogP contribution in [0.4, 0.5) is 0 Å². The quantitative estimate of drug-likeness (QED) is 0.426. The summed E-state index contributed by atoms with van der Waals surface area (Å²) in [6.45, 7) is 9.58. The molecule has 0 aliphatic carbocycles. The monoisotopic (exact) mass is 172 g/mol. The third kappa shape index (κ3) is 6.61. The molecule has 0 bridgehead atoms. The second-order valence-corrected chi connectivity index (χ2v) is 6.95. The van der Waals surface area contributed by atoms with Crippen molar-refractivity contribution in [2.24, 2.45) is 0 Å². The van der Waals surface area contributed by atoms with Gasteiger partial charge in [-0.05, 0) is 5.04 Å². The number of unbranched alkanes of at least 4 members (excludes halogenated alkanes) is 3. The first kappa shape index (κ1) is 11.2. The lowest BCUT2D eigenvalue weighted by atomic mass is 10.0. The molecule has 0 aromatic heterocycles. The Kier molecular flexibility index (Phi) is 5.93.